The molecule has 1 amide bonds. The van der Waals surface area contributed by atoms with Gasteiger partial charge in [0.1, 0.15) is 6.54 Å². The van der Waals surface area contributed by atoms with Gasteiger partial charge in [-0.1, -0.05) is 5.21 Å². The summed E-state index contributed by atoms with van der Waals surface area (Å²) in [6, 6.07) is 0. The first-order valence-electron chi connectivity index (χ1n) is 7.10. The van der Waals surface area contributed by atoms with Crippen LogP contribution < -0.4 is 5.32 Å². The summed E-state index contributed by atoms with van der Waals surface area (Å²) >= 11 is 0. The Bertz CT molecular complexity index is 409. The lowest BCUT2D eigenvalue weighted by atomic mass is 10.4. The summed E-state index contributed by atoms with van der Waals surface area (Å²) in [5, 5.41) is 11.4. The number of carbonyl (C=O) groups is 1. The molecule has 19 heavy (non-hydrogen) atoms. The van der Waals surface area contributed by atoms with Crippen LogP contribution >= 0.6 is 0 Å². The third kappa shape index (κ3) is 4.31. The van der Waals surface area contributed by atoms with Gasteiger partial charge < -0.3 is 10.2 Å². The molecule has 1 fully saturated rings. The Hall–Kier alpha value is -1.43. The largest absolute Gasteiger partial charge is 0.342 e. The second-order valence-electron chi connectivity index (χ2n) is 5.05. The van der Waals surface area contributed by atoms with Gasteiger partial charge in [-0.25, -0.2) is 4.68 Å². The van der Waals surface area contributed by atoms with E-state index in [1.165, 1.54) is 12.8 Å². The van der Waals surface area contributed by atoms with E-state index < -0.39 is 0 Å². The molecule has 0 atom stereocenters. The SMILES string of the molecule is CCN(CC)C(=O)Cn1cc(CNCC2CC2)nn1. The fraction of sp³-hybridized carbons (Fsp3) is 0.769. The maximum atomic E-state index is 11.9. The first kappa shape index (κ1) is 14.0. The Morgan fingerprint density at radius 3 is 2.84 bits per heavy atom. The van der Waals surface area contributed by atoms with E-state index in [9.17, 15) is 4.79 Å². The van der Waals surface area contributed by atoms with E-state index in [1.54, 1.807) is 9.58 Å². The van der Waals surface area contributed by atoms with Gasteiger partial charge in [-0.2, -0.15) is 0 Å². The van der Waals surface area contributed by atoms with E-state index in [0.29, 0.717) is 0 Å². The van der Waals surface area contributed by atoms with E-state index in [1.807, 2.05) is 20.0 Å². The van der Waals surface area contributed by atoms with Crippen molar-refractivity contribution < 1.29 is 4.79 Å². The normalized spacial score (nSPS) is 14.6. The van der Waals surface area contributed by atoms with Crippen LogP contribution in [0.4, 0.5) is 0 Å². The summed E-state index contributed by atoms with van der Waals surface area (Å²) in [7, 11) is 0. The first-order valence-corrected chi connectivity index (χ1v) is 7.10. The molecule has 2 rings (SSSR count). The molecule has 106 valence electrons. The van der Waals surface area contributed by atoms with Gasteiger partial charge in [0.15, 0.2) is 0 Å². The minimum atomic E-state index is 0.0902. The van der Waals surface area contributed by atoms with E-state index in [0.717, 1.165) is 37.8 Å². The maximum absolute atomic E-state index is 11.9. The molecule has 6 heteroatoms. The lowest BCUT2D eigenvalue weighted by Gasteiger charge is -2.17. The van der Waals surface area contributed by atoms with E-state index in [-0.39, 0.29) is 12.5 Å². The molecule has 0 radical (unpaired) electrons. The smallest absolute Gasteiger partial charge is 0.244 e. The predicted molar refractivity (Wildman–Crippen MR) is 72.4 cm³/mol. The number of likely N-dealkylation sites (N-methyl/N-ethyl adjacent to an activating group) is 1. The Morgan fingerprint density at radius 2 is 2.21 bits per heavy atom. The van der Waals surface area contributed by atoms with Crippen LogP contribution in [0.15, 0.2) is 6.20 Å². The minimum absolute atomic E-state index is 0.0902. The van der Waals surface area contributed by atoms with E-state index in [2.05, 4.69) is 15.6 Å². The second kappa shape index (κ2) is 6.65. The summed E-state index contributed by atoms with van der Waals surface area (Å²) in [6.45, 7) is 7.50. The lowest BCUT2D eigenvalue weighted by molar-refractivity contribution is -0.131. The maximum Gasteiger partial charge on any atom is 0.244 e. The molecule has 1 N–H and O–H groups in total. The van der Waals surface area contributed by atoms with Crippen molar-refractivity contribution >= 4 is 5.91 Å². The molecule has 1 aromatic rings. The molecular weight excluding hydrogens is 242 g/mol. The molecule has 0 spiro atoms. The zero-order valence-electron chi connectivity index (χ0n) is 11.8. The van der Waals surface area contributed by atoms with Crippen molar-refractivity contribution in [3.63, 3.8) is 0 Å². The van der Waals surface area contributed by atoms with Gasteiger partial charge in [-0.05, 0) is 39.2 Å². The minimum Gasteiger partial charge on any atom is -0.342 e. The summed E-state index contributed by atoms with van der Waals surface area (Å²) in [5.74, 6) is 0.951. The number of hydrogen-bond acceptors (Lipinski definition) is 4. The van der Waals surface area contributed by atoms with Gasteiger partial charge in [0.05, 0.1) is 11.9 Å². The highest BCUT2D eigenvalue weighted by molar-refractivity contribution is 5.75. The molecule has 0 saturated heterocycles. The highest BCUT2D eigenvalue weighted by Gasteiger charge is 2.20. The van der Waals surface area contributed by atoms with Crippen LogP contribution in [0.2, 0.25) is 0 Å². The van der Waals surface area contributed by atoms with Crippen molar-refractivity contribution in [2.45, 2.75) is 39.8 Å². The van der Waals surface area contributed by atoms with Gasteiger partial charge >= 0.3 is 0 Å². The lowest BCUT2D eigenvalue weighted by Crippen LogP contribution is -2.33. The summed E-state index contributed by atoms with van der Waals surface area (Å²) in [5.41, 5.74) is 0.896. The number of hydrogen-bond donors (Lipinski definition) is 1. The molecule has 0 aliphatic heterocycles. The first-order chi connectivity index (χ1) is 9.22. The van der Waals surface area contributed by atoms with E-state index >= 15 is 0 Å². The van der Waals surface area contributed by atoms with Crippen LogP contribution in [-0.4, -0.2) is 45.4 Å². The highest BCUT2D eigenvalue weighted by Crippen LogP contribution is 2.27. The van der Waals surface area contributed by atoms with Crippen molar-refractivity contribution in [1.82, 2.24) is 25.2 Å². The molecule has 1 aliphatic rings. The van der Waals surface area contributed by atoms with Crippen LogP contribution in [0.25, 0.3) is 0 Å². The monoisotopic (exact) mass is 265 g/mol. The number of rotatable bonds is 8. The molecule has 1 aliphatic carbocycles. The van der Waals surface area contributed by atoms with Crippen molar-refractivity contribution in [2.24, 2.45) is 5.92 Å². The molecule has 0 bridgehead atoms. The Morgan fingerprint density at radius 1 is 1.47 bits per heavy atom. The summed E-state index contributed by atoms with van der Waals surface area (Å²) < 4.78 is 1.62. The second-order valence-corrected chi connectivity index (χ2v) is 5.05. The fourth-order valence-electron chi connectivity index (χ4n) is 2.04. The number of nitrogens with zero attached hydrogens (tertiary/aromatic N) is 4. The Balaban J connectivity index is 1.77. The summed E-state index contributed by atoms with van der Waals surface area (Å²) in [4.78, 5) is 13.7. The average molecular weight is 265 g/mol. The molecule has 1 saturated carbocycles. The van der Waals surface area contributed by atoms with Gasteiger partial charge in [-0.3, -0.25) is 4.79 Å². The predicted octanol–water partition coefficient (Wildman–Crippen LogP) is 0.646. The van der Waals surface area contributed by atoms with Crippen molar-refractivity contribution in [3.8, 4) is 0 Å². The van der Waals surface area contributed by atoms with Gasteiger partial charge in [-0.15, -0.1) is 5.10 Å². The highest BCUT2D eigenvalue weighted by atomic mass is 16.2. The summed E-state index contributed by atoms with van der Waals surface area (Å²) in [6.07, 6.45) is 4.54. The zero-order chi connectivity index (χ0) is 13.7. The van der Waals surface area contributed by atoms with Crippen molar-refractivity contribution in [2.75, 3.05) is 19.6 Å². The molecular formula is C13H23N5O. The van der Waals surface area contributed by atoms with Crippen molar-refractivity contribution in [1.29, 1.82) is 0 Å². The van der Waals surface area contributed by atoms with Crippen LogP contribution in [0.3, 0.4) is 0 Å². The third-order valence-corrected chi connectivity index (χ3v) is 3.44. The zero-order valence-corrected chi connectivity index (χ0v) is 11.8. The van der Waals surface area contributed by atoms with Crippen molar-refractivity contribution in [3.05, 3.63) is 11.9 Å². The molecule has 1 aromatic heterocycles. The fourth-order valence-corrected chi connectivity index (χ4v) is 2.04. The average Bonchev–Trinajstić information content (AvgIpc) is 3.11. The third-order valence-electron chi connectivity index (χ3n) is 3.44. The number of aromatic nitrogens is 3. The van der Waals surface area contributed by atoms with Gasteiger partial charge in [0.25, 0.3) is 0 Å². The number of carbonyl (C=O) groups excluding carboxylic acids is 1. The Kier molecular flexibility index (Phi) is 4.90. The Labute approximate surface area is 114 Å². The molecule has 0 aromatic carbocycles. The standard InChI is InChI=1S/C13H23N5O/c1-3-17(4-2)13(19)10-18-9-12(15-16-18)8-14-7-11-5-6-11/h9,11,14H,3-8,10H2,1-2H3. The van der Waals surface area contributed by atoms with E-state index in [4.69, 9.17) is 0 Å². The van der Waals surface area contributed by atoms with Crippen LogP contribution in [0.5, 0.6) is 0 Å². The van der Waals surface area contributed by atoms with Crippen LogP contribution in [-0.2, 0) is 17.9 Å². The van der Waals surface area contributed by atoms with Gasteiger partial charge in [0.2, 0.25) is 5.91 Å². The van der Waals surface area contributed by atoms with Crippen LogP contribution in [0, 0.1) is 5.92 Å². The number of amides is 1. The molecule has 0 unspecified atom stereocenters. The quantitative estimate of drug-likeness (QED) is 0.749. The number of nitrogens with one attached hydrogen (secondary N) is 1. The molecule has 6 nitrogen and oxygen atoms in total. The molecule has 1 heterocycles. The van der Waals surface area contributed by atoms with Gasteiger partial charge in [0, 0.05) is 19.6 Å². The van der Waals surface area contributed by atoms with Crippen LogP contribution in [0.1, 0.15) is 32.4 Å². The topological polar surface area (TPSA) is 63.1 Å².